The Hall–Kier alpha value is -1.22. The second-order valence-corrected chi connectivity index (χ2v) is 3.51. The molecule has 0 aliphatic carbocycles. The molecule has 3 atom stereocenters. The van der Waals surface area contributed by atoms with Gasteiger partial charge in [-0.1, -0.05) is 0 Å². The van der Waals surface area contributed by atoms with E-state index in [4.69, 9.17) is 14.9 Å². The lowest BCUT2D eigenvalue weighted by Crippen LogP contribution is -2.50. The molecule has 1 aliphatic heterocycles. The van der Waals surface area contributed by atoms with Gasteiger partial charge in [-0.2, -0.15) is 0 Å². The van der Waals surface area contributed by atoms with Gasteiger partial charge in [0.05, 0.1) is 6.61 Å². The van der Waals surface area contributed by atoms with E-state index in [9.17, 15) is 19.8 Å². The highest BCUT2D eigenvalue weighted by Gasteiger charge is 2.39. The fraction of sp³-hybridized carbons (Fsp3) is 0.667. The molecule has 97 valence electrons. The second-order valence-electron chi connectivity index (χ2n) is 3.51. The average molecular weight is 249 g/mol. The molecule has 1 fully saturated rings. The van der Waals surface area contributed by atoms with Gasteiger partial charge in [-0.25, -0.2) is 0 Å². The van der Waals surface area contributed by atoms with Crippen molar-refractivity contribution in [3.05, 3.63) is 6.10 Å². The number of ether oxygens (including phenoxy) is 2. The van der Waals surface area contributed by atoms with E-state index in [2.05, 4.69) is 4.74 Å². The number of aliphatic hydroxyl groups is 3. The van der Waals surface area contributed by atoms with Crippen molar-refractivity contribution in [1.82, 2.24) is 0 Å². The van der Waals surface area contributed by atoms with Crippen LogP contribution in [0.15, 0.2) is 0 Å². The molecule has 1 rings (SSSR count). The molecule has 0 aromatic rings. The Balaban J connectivity index is 2.37. The molecule has 0 aromatic heterocycles. The lowest BCUT2D eigenvalue weighted by atomic mass is 10.0. The lowest BCUT2D eigenvalue weighted by molar-refractivity contribution is -0.167. The third-order valence-electron chi connectivity index (χ3n) is 2.16. The van der Waals surface area contributed by atoms with Crippen molar-refractivity contribution in [1.29, 1.82) is 0 Å². The number of esters is 1. The summed E-state index contributed by atoms with van der Waals surface area (Å²) in [6.07, 6.45) is -5.03. The summed E-state index contributed by atoms with van der Waals surface area (Å²) in [5.41, 5.74) is 0. The van der Waals surface area contributed by atoms with Crippen molar-refractivity contribution < 1.29 is 39.5 Å². The highest BCUT2D eigenvalue weighted by molar-refractivity contribution is 5.90. The molecule has 0 spiro atoms. The molecule has 17 heavy (non-hydrogen) atoms. The monoisotopic (exact) mass is 249 g/mol. The van der Waals surface area contributed by atoms with Crippen LogP contribution < -0.4 is 0 Å². The molecule has 0 unspecified atom stereocenters. The van der Waals surface area contributed by atoms with Gasteiger partial charge in [0.15, 0.2) is 6.10 Å². The van der Waals surface area contributed by atoms with Crippen LogP contribution in [0.25, 0.3) is 0 Å². The first-order chi connectivity index (χ1) is 7.91. The molecular weight excluding hydrogens is 236 g/mol. The zero-order chi connectivity index (χ0) is 13.0. The van der Waals surface area contributed by atoms with Crippen LogP contribution in [-0.4, -0.2) is 63.9 Å². The maximum absolute atomic E-state index is 10.9. The van der Waals surface area contributed by atoms with Gasteiger partial charge in [-0.05, 0) is 0 Å². The number of hydrogen-bond donors (Lipinski definition) is 4. The van der Waals surface area contributed by atoms with Crippen LogP contribution in [0.5, 0.6) is 0 Å². The Labute approximate surface area is 96.4 Å². The number of hydrogen-bond acceptors (Lipinski definition) is 7. The van der Waals surface area contributed by atoms with Crippen molar-refractivity contribution in [2.24, 2.45) is 0 Å². The summed E-state index contributed by atoms with van der Waals surface area (Å²) in [4.78, 5) is 21.0. The molecule has 4 N–H and O–H groups in total. The van der Waals surface area contributed by atoms with Gasteiger partial charge < -0.3 is 29.9 Å². The van der Waals surface area contributed by atoms with E-state index in [-0.39, 0.29) is 12.7 Å². The molecule has 1 saturated heterocycles. The Kier molecular flexibility index (Phi) is 4.82. The first kappa shape index (κ1) is 13.8. The summed E-state index contributed by atoms with van der Waals surface area (Å²) in [6.45, 7) is -0.693. The normalized spacial score (nSPS) is 29.9. The molecule has 0 bridgehead atoms. The SMILES string of the molecule is O=C(O)CC(=O)OC[C]1OC[C@H](O)[C@@H](O)[C@@H]1O. The Morgan fingerprint density at radius 1 is 1.35 bits per heavy atom. The number of aliphatic carboxylic acids is 1. The fourth-order valence-corrected chi connectivity index (χ4v) is 1.23. The average Bonchev–Trinajstić information content (AvgIpc) is 2.24. The maximum atomic E-state index is 10.9. The predicted molar refractivity (Wildman–Crippen MR) is 50.4 cm³/mol. The third-order valence-corrected chi connectivity index (χ3v) is 2.16. The summed E-state index contributed by atoms with van der Waals surface area (Å²) in [5.74, 6) is -2.32. The van der Waals surface area contributed by atoms with Crippen molar-refractivity contribution in [3.8, 4) is 0 Å². The summed E-state index contributed by atoms with van der Waals surface area (Å²) in [5, 5.41) is 36.1. The molecule has 0 amide bonds. The van der Waals surface area contributed by atoms with Crippen LogP contribution in [-0.2, 0) is 19.1 Å². The van der Waals surface area contributed by atoms with Gasteiger partial charge in [-0.15, -0.1) is 0 Å². The molecular formula is C9H13O8. The Morgan fingerprint density at radius 3 is 2.59 bits per heavy atom. The van der Waals surface area contributed by atoms with E-state index in [0.717, 1.165) is 0 Å². The minimum atomic E-state index is -1.48. The number of aliphatic hydroxyl groups excluding tert-OH is 3. The van der Waals surface area contributed by atoms with Crippen LogP contribution in [0.2, 0.25) is 0 Å². The number of carboxylic acid groups (broad SMARTS) is 1. The second kappa shape index (κ2) is 5.92. The molecule has 1 heterocycles. The van der Waals surface area contributed by atoms with Crippen LogP contribution in [0.3, 0.4) is 0 Å². The van der Waals surface area contributed by atoms with E-state index in [1.165, 1.54) is 0 Å². The smallest absolute Gasteiger partial charge is 0.317 e. The Bertz CT molecular complexity index is 291. The molecule has 8 nitrogen and oxygen atoms in total. The number of carboxylic acids is 1. The van der Waals surface area contributed by atoms with Gasteiger partial charge in [0.1, 0.15) is 31.3 Å². The summed E-state index contributed by atoms with van der Waals surface area (Å²) < 4.78 is 9.37. The lowest BCUT2D eigenvalue weighted by Gasteiger charge is -2.33. The summed E-state index contributed by atoms with van der Waals surface area (Å²) in [6, 6.07) is 0. The first-order valence-corrected chi connectivity index (χ1v) is 4.82. The molecule has 0 saturated carbocycles. The van der Waals surface area contributed by atoms with Crippen molar-refractivity contribution in [2.75, 3.05) is 13.2 Å². The van der Waals surface area contributed by atoms with Crippen LogP contribution in [0.1, 0.15) is 6.42 Å². The summed E-state index contributed by atoms with van der Waals surface area (Å²) in [7, 11) is 0. The van der Waals surface area contributed by atoms with Gasteiger partial charge in [0, 0.05) is 0 Å². The van der Waals surface area contributed by atoms with E-state index >= 15 is 0 Å². The zero-order valence-corrected chi connectivity index (χ0v) is 8.78. The number of carbonyl (C=O) groups is 2. The standard InChI is InChI=1S/C9H13O8/c10-4-2-16-5(9(15)8(4)14)3-17-7(13)1-6(11)12/h4,8-10,14-15H,1-3H2,(H,11,12)/t4-,8+,9+/m0/s1. The van der Waals surface area contributed by atoms with Crippen LogP contribution in [0.4, 0.5) is 0 Å². The summed E-state index contributed by atoms with van der Waals surface area (Å²) >= 11 is 0. The van der Waals surface area contributed by atoms with E-state index in [1.807, 2.05) is 0 Å². The number of carbonyl (C=O) groups excluding carboxylic acids is 1. The minimum absolute atomic E-state index is 0.124. The van der Waals surface area contributed by atoms with Crippen molar-refractivity contribution >= 4 is 11.9 Å². The highest BCUT2D eigenvalue weighted by Crippen LogP contribution is 2.21. The molecule has 8 heteroatoms. The van der Waals surface area contributed by atoms with Gasteiger partial charge in [0.25, 0.3) is 0 Å². The maximum Gasteiger partial charge on any atom is 0.317 e. The fourth-order valence-electron chi connectivity index (χ4n) is 1.23. The Morgan fingerprint density at radius 2 is 2.00 bits per heavy atom. The van der Waals surface area contributed by atoms with Crippen molar-refractivity contribution in [2.45, 2.75) is 24.7 Å². The van der Waals surface area contributed by atoms with E-state index in [1.54, 1.807) is 0 Å². The predicted octanol–water partition coefficient (Wildman–Crippen LogP) is -2.35. The van der Waals surface area contributed by atoms with Gasteiger partial charge in [0.2, 0.25) is 0 Å². The third kappa shape index (κ3) is 3.93. The minimum Gasteiger partial charge on any atom is -0.481 e. The molecule has 1 aliphatic rings. The van der Waals surface area contributed by atoms with Gasteiger partial charge in [-0.3, -0.25) is 9.59 Å². The van der Waals surface area contributed by atoms with Crippen molar-refractivity contribution in [3.63, 3.8) is 0 Å². The zero-order valence-electron chi connectivity index (χ0n) is 8.78. The van der Waals surface area contributed by atoms with E-state index in [0.29, 0.717) is 0 Å². The topological polar surface area (TPSA) is 134 Å². The molecule has 1 radical (unpaired) electrons. The number of rotatable bonds is 4. The highest BCUT2D eigenvalue weighted by atomic mass is 16.6. The largest absolute Gasteiger partial charge is 0.481 e. The van der Waals surface area contributed by atoms with Crippen LogP contribution in [0, 0.1) is 6.10 Å². The quantitative estimate of drug-likeness (QED) is 0.321. The molecule has 0 aromatic carbocycles. The van der Waals surface area contributed by atoms with Gasteiger partial charge >= 0.3 is 11.9 Å². The first-order valence-electron chi connectivity index (χ1n) is 4.82. The van der Waals surface area contributed by atoms with E-state index < -0.39 is 43.3 Å². The van der Waals surface area contributed by atoms with Crippen LogP contribution >= 0.6 is 0 Å².